The molecule has 0 saturated heterocycles. The van der Waals surface area contributed by atoms with Crippen LogP contribution in [0.5, 0.6) is 0 Å². The van der Waals surface area contributed by atoms with E-state index in [0.717, 1.165) is 6.61 Å². The van der Waals surface area contributed by atoms with Gasteiger partial charge in [0.1, 0.15) is 12.4 Å². The minimum absolute atomic E-state index is 0.778. The molecule has 1 aliphatic rings. The lowest BCUT2D eigenvalue weighted by Crippen LogP contribution is -1.93. The number of rotatable bonds is 8. The normalized spacial score (nSPS) is 14.2. The Morgan fingerprint density at radius 2 is 1.69 bits per heavy atom. The molecule has 1 aliphatic heterocycles. The molecule has 0 N–H and O–H groups in total. The number of allylic oxidation sites excluding steroid dienone is 2. The number of hydrogen-bond acceptors (Lipinski definition) is 1. The Balaban J connectivity index is 2.41. The number of hydrogen-bond donors (Lipinski definition) is 0. The van der Waals surface area contributed by atoms with E-state index < -0.39 is 0 Å². The van der Waals surface area contributed by atoms with Crippen molar-refractivity contribution in [2.75, 3.05) is 6.61 Å². The van der Waals surface area contributed by atoms with Gasteiger partial charge in [-0.3, -0.25) is 0 Å². The van der Waals surface area contributed by atoms with Crippen LogP contribution in [0.2, 0.25) is 0 Å². The Kier molecular flexibility index (Phi) is 7.03. The first kappa shape index (κ1) is 13.3. The van der Waals surface area contributed by atoms with Gasteiger partial charge in [-0.15, -0.1) is 0 Å². The summed E-state index contributed by atoms with van der Waals surface area (Å²) in [5.41, 5.74) is 1.55. The fraction of sp³-hybridized carbons (Fsp3) is 0.733. The van der Waals surface area contributed by atoms with Crippen LogP contribution in [0.1, 0.15) is 65.2 Å². The first-order valence-corrected chi connectivity index (χ1v) is 6.89. The van der Waals surface area contributed by atoms with E-state index >= 15 is 0 Å². The zero-order valence-electron chi connectivity index (χ0n) is 10.9. The van der Waals surface area contributed by atoms with Gasteiger partial charge in [-0.1, -0.05) is 39.5 Å². The second-order valence-corrected chi connectivity index (χ2v) is 4.60. The summed E-state index contributed by atoms with van der Waals surface area (Å²) in [6.07, 6.45) is 14.7. The molecule has 1 rings (SSSR count). The molecule has 92 valence electrons. The second kappa shape index (κ2) is 8.43. The van der Waals surface area contributed by atoms with Crippen molar-refractivity contribution in [3.05, 3.63) is 23.5 Å². The SMILES string of the molecule is CCCCCC(CCCCC)=C1C=CCO1. The summed E-state index contributed by atoms with van der Waals surface area (Å²) in [4.78, 5) is 0. The lowest BCUT2D eigenvalue weighted by molar-refractivity contribution is 0.271. The zero-order valence-corrected chi connectivity index (χ0v) is 10.9. The molecule has 0 bridgehead atoms. The highest BCUT2D eigenvalue weighted by atomic mass is 16.5. The predicted molar refractivity (Wildman–Crippen MR) is 70.4 cm³/mol. The summed E-state index contributed by atoms with van der Waals surface area (Å²) in [5.74, 6) is 1.17. The van der Waals surface area contributed by atoms with Crippen molar-refractivity contribution < 1.29 is 4.74 Å². The van der Waals surface area contributed by atoms with Crippen LogP contribution in [0.25, 0.3) is 0 Å². The molecular weight excluding hydrogens is 196 g/mol. The molecule has 0 aliphatic carbocycles. The van der Waals surface area contributed by atoms with Crippen molar-refractivity contribution in [3.8, 4) is 0 Å². The second-order valence-electron chi connectivity index (χ2n) is 4.60. The summed E-state index contributed by atoms with van der Waals surface area (Å²) in [6, 6.07) is 0. The quantitative estimate of drug-likeness (QED) is 0.526. The van der Waals surface area contributed by atoms with Gasteiger partial charge >= 0.3 is 0 Å². The molecule has 0 aromatic heterocycles. The Labute approximate surface area is 101 Å². The highest BCUT2D eigenvalue weighted by Crippen LogP contribution is 2.24. The summed E-state index contributed by atoms with van der Waals surface area (Å²) in [6.45, 7) is 5.30. The topological polar surface area (TPSA) is 9.23 Å². The maximum absolute atomic E-state index is 5.64. The van der Waals surface area contributed by atoms with Gasteiger partial charge in [-0.2, -0.15) is 0 Å². The van der Waals surface area contributed by atoms with E-state index in [-0.39, 0.29) is 0 Å². The van der Waals surface area contributed by atoms with Crippen LogP contribution in [-0.2, 0) is 4.74 Å². The van der Waals surface area contributed by atoms with Gasteiger partial charge < -0.3 is 4.74 Å². The van der Waals surface area contributed by atoms with Gasteiger partial charge in [0.15, 0.2) is 0 Å². The third-order valence-electron chi connectivity index (χ3n) is 3.12. The van der Waals surface area contributed by atoms with Gasteiger partial charge in [0.05, 0.1) is 0 Å². The Morgan fingerprint density at radius 3 is 2.12 bits per heavy atom. The molecule has 0 radical (unpaired) electrons. The first-order chi connectivity index (χ1) is 7.88. The molecule has 0 amide bonds. The van der Waals surface area contributed by atoms with Crippen molar-refractivity contribution in [2.45, 2.75) is 65.2 Å². The molecule has 0 unspecified atom stereocenters. The minimum atomic E-state index is 0.778. The summed E-state index contributed by atoms with van der Waals surface area (Å²) < 4.78 is 5.64. The fourth-order valence-electron chi connectivity index (χ4n) is 2.11. The fourth-order valence-corrected chi connectivity index (χ4v) is 2.11. The van der Waals surface area contributed by atoms with Gasteiger partial charge in [-0.25, -0.2) is 0 Å². The number of ether oxygens (including phenoxy) is 1. The summed E-state index contributed by atoms with van der Waals surface area (Å²) in [5, 5.41) is 0. The monoisotopic (exact) mass is 222 g/mol. The molecule has 0 atom stereocenters. The van der Waals surface area contributed by atoms with Crippen molar-refractivity contribution in [2.24, 2.45) is 0 Å². The Hall–Kier alpha value is -0.720. The van der Waals surface area contributed by atoms with E-state index in [1.807, 2.05) is 0 Å². The van der Waals surface area contributed by atoms with Crippen molar-refractivity contribution in [3.63, 3.8) is 0 Å². The molecule has 0 saturated carbocycles. The zero-order chi connectivity index (χ0) is 11.6. The average molecular weight is 222 g/mol. The highest BCUT2D eigenvalue weighted by molar-refractivity contribution is 5.24. The molecule has 1 heteroatoms. The molecule has 0 fully saturated rings. The van der Waals surface area contributed by atoms with Crippen LogP contribution in [0.4, 0.5) is 0 Å². The maximum Gasteiger partial charge on any atom is 0.118 e. The van der Waals surface area contributed by atoms with Crippen LogP contribution in [0.3, 0.4) is 0 Å². The lowest BCUT2D eigenvalue weighted by atomic mass is 10.00. The van der Waals surface area contributed by atoms with E-state index in [2.05, 4.69) is 26.0 Å². The Bertz CT molecular complexity index is 226. The Morgan fingerprint density at radius 1 is 1.06 bits per heavy atom. The summed E-state index contributed by atoms with van der Waals surface area (Å²) in [7, 11) is 0. The lowest BCUT2D eigenvalue weighted by Gasteiger charge is -2.10. The van der Waals surface area contributed by atoms with Gasteiger partial charge in [0.25, 0.3) is 0 Å². The highest BCUT2D eigenvalue weighted by Gasteiger charge is 2.08. The van der Waals surface area contributed by atoms with Crippen LogP contribution in [0, 0.1) is 0 Å². The molecule has 1 nitrogen and oxygen atoms in total. The van der Waals surface area contributed by atoms with Gasteiger partial charge in [0.2, 0.25) is 0 Å². The van der Waals surface area contributed by atoms with Crippen molar-refractivity contribution in [1.82, 2.24) is 0 Å². The molecule has 0 aromatic carbocycles. The molecule has 1 heterocycles. The molecular formula is C15H26O. The number of unbranched alkanes of at least 4 members (excludes halogenated alkanes) is 4. The van der Waals surface area contributed by atoms with Gasteiger partial charge in [0, 0.05) is 0 Å². The van der Waals surface area contributed by atoms with Gasteiger partial charge in [-0.05, 0) is 43.4 Å². The predicted octanol–water partition coefficient (Wildman–Crippen LogP) is 4.99. The van der Waals surface area contributed by atoms with E-state index in [1.165, 1.54) is 57.1 Å². The van der Waals surface area contributed by atoms with Crippen LogP contribution >= 0.6 is 0 Å². The standard InChI is InChI=1S/C15H26O/c1-3-5-7-10-14(11-8-6-4-2)15-12-9-13-16-15/h9,12H,3-8,10-11,13H2,1-2H3. The van der Waals surface area contributed by atoms with E-state index in [4.69, 9.17) is 4.74 Å². The minimum Gasteiger partial charge on any atom is -0.490 e. The van der Waals surface area contributed by atoms with Crippen LogP contribution in [-0.4, -0.2) is 6.61 Å². The van der Waals surface area contributed by atoms with Crippen molar-refractivity contribution in [1.29, 1.82) is 0 Å². The first-order valence-electron chi connectivity index (χ1n) is 6.89. The summed E-state index contributed by atoms with van der Waals surface area (Å²) >= 11 is 0. The average Bonchev–Trinajstić information content (AvgIpc) is 2.81. The maximum atomic E-state index is 5.64. The van der Waals surface area contributed by atoms with Crippen LogP contribution < -0.4 is 0 Å². The molecule has 0 aromatic rings. The largest absolute Gasteiger partial charge is 0.490 e. The van der Waals surface area contributed by atoms with E-state index in [0.29, 0.717) is 0 Å². The third kappa shape index (κ3) is 4.87. The van der Waals surface area contributed by atoms with E-state index in [9.17, 15) is 0 Å². The molecule has 16 heavy (non-hydrogen) atoms. The third-order valence-corrected chi connectivity index (χ3v) is 3.12. The molecule has 0 spiro atoms. The van der Waals surface area contributed by atoms with Crippen LogP contribution in [0.15, 0.2) is 23.5 Å². The van der Waals surface area contributed by atoms with Crippen molar-refractivity contribution >= 4 is 0 Å². The smallest absolute Gasteiger partial charge is 0.118 e. The van der Waals surface area contributed by atoms with E-state index in [1.54, 1.807) is 5.57 Å².